The highest BCUT2D eigenvalue weighted by atomic mass is 32.2. The minimum atomic E-state index is -5.19. The molecule has 0 aliphatic carbocycles. The van der Waals surface area contributed by atoms with Crippen LogP contribution < -0.4 is 14.2 Å². The summed E-state index contributed by atoms with van der Waals surface area (Å²) >= 11 is 0. The zero-order valence-electron chi connectivity index (χ0n) is 20.9. The van der Waals surface area contributed by atoms with E-state index in [2.05, 4.69) is 0 Å². The summed E-state index contributed by atoms with van der Waals surface area (Å²) < 4.78 is 121. The number of carbonyl (C=O) groups is 1. The molecule has 1 saturated heterocycles. The first-order valence-electron chi connectivity index (χ1n) is 11.2. The van der Waals surface area contributed by atoms with Crippen molar-refractivity contribution in [2.24, 2.45) is 0 Å². The summed E-state index contributed by atoms with van der Waals surface area (Å²) in [5.41, 5.74) is -2.94. The lowest BCUT2D eigenvalue weighted by molar-refractivity contribution is -0.143. The van der Waals surface area contributed by atoms with Crippen molar-refractivity contribution in [3.63, 3.8) is 0 Å². The molecule has 39 heavy (non-hydrogen) atoms. The molecule has 2 aromatic rings. The first kappa shape index (κ1) is 30.1. The number of carbonyl (C=O) groups excluding carboxylic acids is 1. The van der Waals surface area contributed by atoms with E-state index < -0.39 is 44.3 Å². The van der Waals surface area contributed by atoms with Gasteiger partial charge in [-0.15, -0.1) is 0 Å². The van der Waals surface area contributed by atoms with Gasteiger partial charge >= 0.3 is 12.4 Å². The van der Waals surface area contributed by atoms with E-state index >= 15 is 0 Å². The van der Waals surface area contributed by atoms with Crippen LogP contribution in [0.3, 0.4) is 0 Å². The maximum atomic E-state index is 13.2. The van der Waals surface area contributed by atoms with E-state index in [0.717, 1.165) is 4.31 Å². The van der Waals surface area contributed by atoms with Crippen molar-refractivity contribution in [1.29, 1.82) is 0 Å². The minimum absolute atomic E-state index is 0.136. The van der Waals surface area contributed by atoms with Crippen LogP contribution in [0.25, 0.3) is 6.08 Å². The normalized spacial score (nSPS) is 15.5. The lowest BCUT2D eigenvalue weighted by Crippen LogP contribution is -2.50. The molecular weight excluding hydrogens is 558 g/mol. The third-order valence-electron chi connectivity index (χ3n) is 5.85. The number of rotatable bonds is 7. The first-order chi connectivity index (χ1) is 18.1. The number of ether oxygens (including phenoxy) is 3. The van der Waals surface area contributed by atoms with Gasteiger partial charge in [0.05, 0.1) is 37.4 Å². The highest BCUT2D eigenvalue weighted by molar-refractivity contribution is 7.89. The number of piperazine rings is 1. The fourth-order valence-electron chi connectivity index (χ4n) is 3.84. The Morgan fingerprint density at radius 3 is 1.69 bits per heavy atom. The van der Waals surface area contributed by atoms with Gasteiger partial charge in [0.15, 0.2) is 11.5 Å². The molecule has 3 rings (SSSR count). The lowest BCUT2D eigenvalue weighted by Gasteiger charge is -2.33. The molecule has 0 atom stereocenters. The summed E-state index contributed by atoms with van der Waals surface area (Å²) in [6, 6.07) is 3.39. The quantitative estimate of drug-likeness (QED) is 0.358. The van der Waals surface area contributed by atoms with Gasteiger partial charge in [0, 0.05) is 32.3 Å². The lowest BCUT2D eigenvalue weighted by atomic mass is 10.1. The largest absolute Gasteiger partial charge is 0.493 e. The van der Waals surface area contributed by atoms with Crippen molar-refractivity contribution in [1.82, 2.24) is 9.21 Å². The number of amides is 1. The van der Waals surface area contributed by atoms with Crippen LogP contribution in [0.15, 0.2) is 41.3 Å². The topological polar surface area (TPSA) is 85.4 Å². The van der Waals surface area contributed by atoms with Crippen LogP contribution in [0.2, 0.25) is 0 Å². The summed E-state index contributed by atoms with van der Waals surface area (Å²) in [6.07, 6.45) is -7.69. The van der Waals surface area contributed by atoms with E-state index in [-0.39, 0.29) is 44.4 Å². The number of methoxy groups -OCH3 is 3. The Morgan fingerprint density at radius 2 is 1.28 bits per heavy atom. The van der Waals surface area contributed by atoms with Gasteiger partial charge in [-0.05, 0) is 42.0 Å². The van der Waals surface area contributed by atoms with E-state index in [4.69, 9.17) is 14.2 Å². The molecule has 1 aliphatic heterocycles. The number of benzene rings is 2. The molecule has 1 heterocycles. The van der Waals surface area contributed by atoms with Gasteiger partial charge in [-0.25, -0.2) is 8.42 Å². The summed E-state index contributed by atoms with van der Waals surface area (Å²) in [6.45, 7) is -0.932. The molecule has 0 N–H and O–H groups in total. The van der Waals surface area contributed by atoms with Crippen molar-refractivity contribution >= 4 is 22.0 Å². The Labute approximate surface area is 220 Å². The van der Waals surface area contributed by atoms with E-state index in [9.17, 15) is 39.6 Å². The van der Waals surface area contributed by atoms with Gasteiger partial charge in [-0.2, -0.15) is 30.6 Å². The van der Waals surface area contributed by atoms with Gasteiger partial charge in [0.1, 0.15) is 0 Å². The Kier molecular flexibility index (Phi) is 8.75. The van der Waals surface area contributed by atoms with Crippen molar-refractivity contribution in [3.8, 4) is 17.2 Å². The second kappa shape index (κ2) is 11.3. The Morgan fingerprint density at radius 1 is 0.795 bits per heavy atom. The van der Waals surface area contributed by atoms with E-state index in [1.54, 1.807) is 12.1 Å². The molecule has 0 bridgehead atoms. The number of hydrogen-bond acceptors (Lipinski definition) is 6. The fraction of sp³-hybridized carbons (Fsp3) is 0.375. The number of sulfonamides is 1. The summed E-state index contributed by atoms with van der Waals surface area (Å²) in [5, 5.41) is 0. The van der Waals surface area contributed by atoms with Crippen molar-refractivity contribution in [2.45, 2.75) is 17.2 Å². The summed E-state index contributed by atoms with van der Waals surface area (Å²) in [5.74, 6) is 0.570. The Hall–Kier alpha value is -3.46. The zero-order chi connectivity index (χ0) is 29.2. The maximum Gasteiger partial charge on any atom is 0.416 e. The van der Waals surface area contributed by atoms with Crippen molar-refractivity contribution in [2.75, 3.05) is 47.5 Å². The number of alkyl halides is 6. The molecule has 15 heteroatoms. The SMILES string of the molecule is COc1cc(C=CC(=O)N2CCN(S(=O)(=O)c3cc(C(F)(F)F)cc(C(F)(F)F)c3)CC2)cc(OC)c1OC. The maximum absolute atomic E-state index is 13.2. The van der Waals surface area contributed by atoms with Gasteiger partial charge in [0.25, 0.3) is 0 Å². The molecule has 1 fully saturated rings. The molecule has 2 aromatic carbocycles. The van der Waals surface area contributed by atoms with Crippen LogP contribution >= 0.6 is 0 Å². The van der Waals surface area contributed by atoms with Crippen LogP contribution in [0.5, 0.6) is 17.2 Å². The second-order valence-electron chi connectivity index (χ2n) is 8.26. The molecule has 0 saturated carbocycles. The van der Waals surface area contributed by atoms with Crippen LogP contribution in [0, 0.1) is 0 Å². The Bertz CT molecular complexity index is 1290. The standard InChI is InChI=1S/C24H24F6N2O6S/c1-36-19-10-15(11-20(37-2)22(19)38-3)4-5-21(33)31-6-8-32(9-7-31)39(34,35)18-13-16(23(25,26)27)12-17(14-18)24(28,29)30/h4-5,10-14H,6-9H2,1-3H3. The van der Waals surface area contributed by atoms with Crippen LogP contribution in [-0.4, -0.2) is 71.0 Å². The number of hydrogen-bond donors (Lipinski definition) is 0. The fourth-order valence-corrected chi connectivity index (χ4v) is 5.34. The molecule has 8 nitrogen and oxygen atoms in total. The highest BCUT2D eigenvalue weighted by Gasteiger charge is 2.39. The minimum Gasteiger partial charge on any atom is -0.493 e. The molecule has 1 amide bonds. The molecule has 0 spiro atoms. The second-order valence-corrected chi connectivity index (χ2v) is 10.2. The van der Waals surface area contributed by atoms with Crippen molar-refractivity contribution in [3.05, 3.63) is 53.1 Å². The molecular formula is C24H24F6N2O6S. The molecule has 214 valence electrons. The van der Waals surface area contributed by atoms with Gasteiger partial charge in [-0.1, -0.05) is 0 Å². The van der Waals surface area contributed by atoms with Crippen LogP contribution in [0.1, 0.15) is 16.7 Å². The Balaban J connectivity index is 1.76. The van der Waals surface area contributed by atoms with Gasteiger partial charge in [-0.3, -0.25) is 4.79 Å². The van der Waals surface area contributed by atoms with Crippen molar-refractivity contribution < 1.29 is 53.8 Å². The zero-order valence-corrected chi connectivity index (χ0v) is 21.7. The molecule has 0 radical (unpaired) electrons. The van der Waals surface area contributed by atoms with E-state index in [1.807, 2.05) is 0 Å². The van der Waals surface area contributed by atoms with Gasteiger partial charge < -0.3 is 19.1 Å². The average Bonchev–Trinajstić information content (AvgIpc) is 2.89. The first-order valence-corrected chi connectivity index (χ1v) is 12.6. The summed E-state index contributed by atoms with van der Waals surface area (Å²) in [7, 11) is -0.437. The number of nitrogens with zero attached hydrogens (tertiary/aromatic N) is 2. The number of halogens is 6. The predicted molar refractivity (Wildman–Crippen MR) is 127 cm³/mol. The monoisotopic (exact) mass is 582 g/mol. The smallest absolute Gasteiger partial charge is 0.416 e. The van der Waals surface area contributed by atoms with Crippen LogP contribution in [-0.2, 0) is 27.2 Å². The third-order valence-corrected chi connectivity index (χ3v) is 7.73. The molecule has 0 aromatic heterocycles. The van der Waals surface area contributed by atoms with Crippen LogP contribution in [0.4, 0.5) is 26.3 Å². The molecule has 1 aliphatic rings. The van der Waals surface area contributed by atoms with E-state index in [1.165, 1.54) is 38.4 Å². The van der Waals surface area contributed by atoms with E-state index in [0.29, 0.717) is 22.8 Å². The highest BCUT2D eigenvalue weighted by Crippen LogP contribution is 2.39. The third kappa shape index (κ3) is 6.76. The molecule has 0 unspecified atom stereocenters. The van der Waals surface area contributed by atoms with Gasteiger partial charge in [0.2, 0.25) is 21.7 Å². The predicted octanol–water partition coefficient (Wildman–Crippen LogP) is 4.30. The average molecular weight is 583 g/mol. The summed E-state index contributed by atoms with van der Waals surface area (Å²) in [4.78, 5) is 12.8.